The van der Waals surface area contributed by atoms with Crippen LogP contribution in [0.5, 0.6) is 0 Å². The minimum absolute atomic E-state index is 0. The van der Waals surface area contributed by atoms with Crippen molar-refractivity contribution in [3.05, 3.63) is 64.2 Å². The van der Waals surface area contributed by atoms with Crippen molar-refractivity contribution in [3.8, 4) is 11.1 Å². The van der Waals surface area contributed by atoms with Gasteiger partial charge in [-0.3, -0.25) is 14.9 Å². The topological polar surface area (TPSA) is 106 Å². The van der Waals surface area contributed by atoms with Crippen LogP contribution in [0.15, 0.2) is 48.5 Å². The zero-order chi connectivity index (χ0) is 15.4. The molecule has 0 saturated carbocycles. The Morgan fingerprint density at radius 2 is 1.86 bits per heavy atom. The number of hydrogen-bond acceptors (Lipinski definition) is 4. The van der Waals surface area contributed by atoms with Gasteiger partial charge in [0.1, 0.15) is 6.04 Å². The quantitative estimate of drug-likeness (QED) is 0.650. The summed E-state index contributed by atoms with van der Waals surface area (Å²) in [5, 5.41) is 19.8. The predicted molar refractivity (Wildman–Crippen MR) is 85.1 cm³/mol. The normalized spacial score (nSPS) is 11.3. The Bertz CT molecular complexity index is 676. The summed E-state index contributed by atoms with van der Waals surface area (Å²) in [6, 6.07) is 12.6. The van der Waals surface area contributed by atoms with Gasteiger partial charge in [0.05, 0.1) is 4.92 Å². The van der Waals surface area contributed by atoms with E-state index in [9.17, 15) is 14.9 Å². The lowest BCUT2D eigenvalue weighted by Crippen LogP contribution is -2.32. The fourth-order valence-corrected chi connectivity index (χ4v) is 2.09. The molecule has 2 rings (SSSR count). The van der Waals surface area contributed by atoms with Crippen molar-refractivity contribution >= 4 is 24.1 Å². The van der Waals surface area contributed by atoms with Gasteiger partial charge in [0.2, 0.25) is 0 Å². The summed E-state index contributed by atoms with van der Waals surface area (Å²) in [6.07, 6.45) is 0.0290. The molecule has 2 aromatic rings. The number of non-ortho nitro benzene ring substituents is 1. The van der Waals surface area contributed by atoms with Crippen LogP contribution >= 0.6 is 12.4 Å². The number of nitrogens with two attached hydrogens (primary N) is 1. The van der Waals surface area contributed by atoms with Crippen molar-refractivity contribution < 1.29 is 14.8 Å². The molecule has 3 N–H and O–H groups in total. The SMILES string of the molecule is Cl.N[C@@H](Cc1cc([N+](=O)[O-])ccc1-c1ccccc1)C(=O)O. The first-order chi connectivity index (χ1) is 9.99. The second-order valence-corrected chi connectivity index (χ2v) is 4.61. The van der Waals surface area contributed by atoms with E-state index in [2.05, 4.69) is 0 Å². The first-order valence-electron chi connectivity index (χ1n) is 6.30. The Kier molecular flexibility index (Phi) is 6.03. The van der Waals surface area contributed by atoms with Gasteiger partial charge >= 0.3 is 5.97 Å². The third-order valence-corrected chi connectivity index (χ3v) is 3.14. The molecule has 0 bridgehead atoms. The van der Waals surface area contributed by atoms with Crippen LogP contribution in [0, 0.1) is 10.1 Å². The van der Waals surface area contributed by atoms with Gasteiger partial charge in [-0.15, -0.1) is 12.4 Å². The van der Waals surface area contributed by atoms with E-state index in [1.54, 1.807) is 6.07 Å². The van der Waals surface area contributed by atoms with E-state index in [4.69, 9.17) is 10.8 Å². The van der Waals surface area contributed by atoms with Gasteiger partial charge in [-0.2, -0.15) is 0 Å². The number of nitro benzene ring substituents is 1. The molecule has 116 valence electrons. The van der Waals surface area contributed by atoms with Crippen molar-refractivity contribution in [1.82, 2.24) is 0 Å². The largest absolute Gasteiger partial charge is 0.480 e. The Balaban J connectivity index is 0.00000242. The number of aliphatic carboxylic acids is 1. The van der Waals surface area contributed by atoms with Crippen LogP contribution in [0.25, 0.3) is 11.1 Å². The minimum atomic E-state index is -1.14. The van der Waals surface area contributed by atoms with E-state index in [-0.39, 0.29) is 24.5 Å². The zero-order valence-corrected chi connectivity index (χ0v) is 12.3. The maximum Gasteiger partial charge on any atom is 0.320 e. The van der Waals surface area contributed by atoms with E-state index >= 15 is 0 Å². The molecule has 0 aliphatic carbocycles. The summed E-state index contributed by atoms with van der Waals surface area (Å²) < 4.78 is 0. The summed E-state index contributed by atoms with van der Waals surface area (Å²) in [5.74, 6) is -1.14. The number of nitrogens with zero attached hydrogens (tertiary/aromatic N) is 1. The fourth-order valence-electron chi connectivity index (χ4n) is 2.09. The molecule has 0 radical (unpaired) electrons. The number of carboxylic acids is 1. The third-order valence-electron chi connectivity index (χ3n) is 3.14. The maximum atomic E-state index is 10.9. The molecule has 22 heavy (non-hydrogen) atoms. The van der Waals surface area contributed by atoms with Gasteiger partial charge in [0.25, 0.3) is 5.69 Å². The Hall–Kier alpha value is -2.44. The highest BCUT2D eigenvalue weighted by Crippen LogP contribution is 2.28. The summed E-state index contributed by atoms with van der Waals surface area (Å²) in [6.45, 7) is 0. The van der Waals surface area contributed by atoms with Crippen LogP contribution in [0.2, 0.25) is 0 Å². The van der Waals surface area contributed by atoms with Crippen molar-refractivity contribution in [2.24, 2.45) is 5.73 Å². The molecule has 2 aromatic carbocycles. The van der Waals surface area contributed by atoms with E-state index in [0.717, 1.165) is 11.1 Å². The minimum Gasteiger partial charge on any atom is -0.480 e. The van der Waals surface area contributed by atoms with E-state index in [1.807, 2.05) is 30.3 Å². The number of rotatable bonds is 5. The lowest BCUT2D eigenvalue weighted by molar-refractivity contribution is -0.384. The molecule has 0 heterocycles. The summed E-state index contributed by atoms with van der Waals surface area (Å²) in [7, 11) is 0. The molecule has 0 spiro atoms. The molecule has 1 atom stereocenters. The summed E-state index contributed by atoms with van der Waals surface area (Å²) in [5.41, 5.74) is 7.63. The smallest absolute Gasteiger partial charge is 0.320 e. The van der Waals surface area contributed by atoms with Crippen LogP contribution < -0.4 is 5.73 Å². The molecular formula is C15H15ClN2O4. The monoisotopic (exact) mass is 322 g/mol. The van der Waals surface area contributed by atoms with Crippen molar-refractivity contribution in [2.45, 2.75) is 12.5 Å². The van der Waals surface area contributed by atoms with Gasteiger partial charge in [-0.25, -0.2) is 0 Å². The standard InChI is InChI=1S/C15H14N2O4.ClH/c16-14(15(18)19)9-11-8-12(17(20)21)6-7-13(11)10-4-2-1-3-5-10;/h1-8,14H,9,16H2,(H,18,19);1H/t14-;/m0./s1. The Morgan fingerprint density at radius 1 is 1.23 bits per heavy atom. The van der Waals surface area contributed by atoms with E-state index in [0.29, 0.717) is 5.56 Å². The molecule has 0 unspecified atom stereocenters. The zero-order valence-electron chi connectivity index (χ0n) is 11.5. The molecule has 0 aliphatic rings. The molecule has 0 amide bonds. The lowest BCUT2D eigenvalue weighted by Gasteiger charge is -2.12. The second kappa shape index (κ2) is 7.53. The molecule has 7 heteroatoms. The molecule has 0 fully saturated rings. The molecule has 0 aromatic heterocycles. The molecule has 0 aliphatic heterocycles. The number of carboxylic acid groups (broad SMARTS) is 1. The summed E-state index contributed by atoms with van der Waals surface area (Å²) in [4.78, 5) is 21.3. The number of nitro groups is 1. The van der Waals surface area contributed by atoms with Crippen molar-refractivity contribution in [1.29, 1.82) is 0 Å². The van der Waals surface area contributed by atoms with Crippen molar-refractivity contribution in [3.63, 3.8) is 0 Å². The Morgan fingerprint density at radius 3 is 2.41 bits per heavy atom. The second-order valence-electron chi connectivity index (χ2n) is 4.61. The molecular weight excluding hydrogens is 308 g/mol. The van der Waals surface area contributed by atoms with Crippen LogP contribution in [0.3, 0.4) is 0 Å². The highest BCUT2D eigenvalue weighted by Gasteiger charge is 2.18. The molecule has 0 saturated heterocycles. The number of hydrogen-bond donors (Lipinski definition) is 2. The van der Waals surface area contributed by atoms with Gasteiger partial charge in [-0.1, -0.05) is 30.3 Å². The Labute approximate surface area is 133 Å². The van der Waals surface area contributed by atoms with Crippen molar-refractivity contribution in [2.75, 3.05) is 0 Å². The summed E-state index contributed by atoms with van der Waals surface area (Å²) >= 11 is 0. The number of benzene rings is 2. The van der Waals surface area contributed by atoms with E-state index in [1.165, 1.54) is 12.1 Å². The highest BCUT2D eigenvalue weighted by atomic mass is 35.5. The fraction of sp³-hybridized carbons (Fsp3) is 0.133. The van der Waals surface area contributed by atoms with Crippen LogP contribution in [-0.2, 0) is 11.2 Å². The first-order valence-corrected chi connectivity index (χ1v) is 6.30. The lowest BCUT2D eigenvalue weighted by atomic mass is 9.95. The third kappa shape index (κ3) is 4.03. The van der Waals surface area contributed by atoms with Gasteiger partial charge in [-0.05, 0) is 29.2 Å². The highest BCUT2D eigenvalue weighted by molar-refractivity contribution is 5.85. The predicted octanol–water partition coefficient (Wildman–Crippen LogP) is 2.64. The maximum absolute atomic E-state index is 10.9. The van der Waals surface area contributed by atoms with Gasteiger partial charge < -0.3 is 10.8 Å². The van der Waals surface area contributed by atoms with Crippen LogP contribution in [0.4, 0.5) is 5.69 Å². The van der Waals surface area contributed by atoms with Crippen LogP contribution in [0.1, 0.15) is 5.56 Å². The molecule has 6 nitrogen and oxygen atoms in total. The van der Waals surface area contributed by atoms with Gasteiger partial charge in [0, 0.05) is 12.1 Å². The van der Waals surface area contributed by atoms with E-state index < -0.39 is 16.9 Å². The number of halogens is 1. The average Bonchev–Trinajstić information content (AvgIpc) is 2.47. The van der Waals surface area contributed by atoms with Crippen LogP contribution in [-0.4, -0.2) is 22.0 Å². The number of carbonyl (C=O) groups is 1. The van der Waals surface area contributed by atoms with Gasteiger partial charge in [0.15, 0.2) is 0 Å². The first kappa shape index (κ1) is 17.6. The average molecular weight is 323 g/mol.